The van der Waals surface area contributed by atoms with E-state index < -0.39 is 0 Å². The summed E-state index contributed by atoms with van der Waals surface area (Å²) in [5.41, 5.74) is 1.16. The van der Waals surface area contributed by atoms with Crippen LogP contribution < -0.4 is 5.32 Å². The fraction of sp³-hybridized carbons (Fsp3) is 0.333. The van der Waals surface area contributed by atoms with Crippen molar-refractivity contribution in [1.82, 2.24) is 5.32 Å². The van der Waals surface area contributed by atoms with E-state index in [-0.39, 0.29) is 11.9 Å². The van der Waals surface area contributed by atoms with Crippen LogP contribution in [0.1, 0.15) is 34.5 Å². The van der Waals surface area contributed by atoms with Crippen LogP contribution in [-0.2, 0) is 16.0 Å². The normalized spacial score (nSPS) is 10.4. The number of carbonyl (C=O) groups is 2. The lowest BCUT2D eigenvalue weighted by atomic mass is 10.1. The van der Waals surface area contributed by atoms with Gasteiger partial charge in [-0.2, -0.15) is 0 Å². The van der Waals surface area contributed by atoms with Crippen molar-refractivity contribution in [1.29, 1.82) is 0 Å². The average molecular weight is 366 g/mol. The van der Waals surface area contributed by atoms with Gasteiger partial charge in [0.1, 0.15) is 0 Å². The number of aryl methyl sites for hydroxylation is 1. The average Bonchev–Trinajstić information content (AvgIpc) is 3.11. The number of benzene rings is 1. The Hall–Kier alpha value is -1.85. The van der Waals surface area contributed by atoms with E-state index in [9.17, 15) is 9.59 Å². The van der Waals surface area contributed by atoms with E-state index >= 15 is 0 Å². The van der Waals surface area contributed by atoms with Crippen LogP contribution in [0.15, 0.2) is 41.8 Å². The monoisotopic (exact) mass is 365 g/mol. The Bertz CT molecular complexity index is 641. The largest absolute Gasteiger partial charge is 0.466 e. The molecule has 1 heterocycles. The molecule has 0 saturated heterocycles. The van der Waals surface area contributed by atoms with E-state index in [1.165, 1.54) is 11.3 Å². The van der Waals surface area contributed by atoms with Crippen LogP contribution >= 0.6 is 22.9 Å². The fourth-order valence-electron chi connectivity index (χ4n) is 2.12. The Kier molecular flexibility index (Phi) is 7.79. The fourth-order valence-corrected chi connectivity index (χ4v) is 2.88. The minimum absolute atomic E-state index is 0.0840. The van der Waals surface area contributed by atoms with Gasteiger partial charge in [0.05, 0.1) is 11.5 Å². The second kappa shape index (κ2) is 10.1. The molecule has 0 spiro atoms. The first-order chi connectivity index (χ1) is 11.6. The molecule has 0 saturated carbocycles. The standard InChI is InChI=1S/C18H20ClNO3S/c19-15-9-7-14(8-10-15)4-1-6-17(21)23-12-3-11-20-18(22)16-5-2-13-24-16/h2,5,7-10,13H,1,3-4,6,11-12H2,(H,20,22). The summed E-state index contributed by atoms with van der Waals surface area (Å²) < 4.78 is 5.16. The van der Waals surface area contributed by atoms with Crippen LogP contribution in [0, 0.1) is 0 Å². The molecule has 6 heteroatoms. The Morgan fingerprint density at radius 3 is 2.62 bits per heavy atom. The van der Waals surface area contributed by atoms with Crippen LogP contribution in [-0.4, -0.2) is 25.0 Å². The van der Waals surface area contributed by atoms with E-state index in [2.05, 4.69) is 5.32 Å². The molecular weight excluding hydrogens is 346 g/mol. The number of nitrogens with one attached hydrogen (secondary N) is 1. The van der Waals surface area contributed by atoms with Gasteiger partial charge in [0.15, 0.2) is 0 Å². The van der Waals surface area contributed by atoms with Crippen molar-refractivity contribution >= 4 is 34.8 Å². The zero-order valence-corrected chi connectivity index (χ0v) is 14.9. The molecule has 4 nitrogen and oxygen atoms in total. The summed E-state index contributed by atoms with van der Waals surface area (Å²) in [6.45, 7) is 0.819. The van der Waals surface area contributed by atoms with Crippen LogP contribution in [0.25, 0.3) is 0 Å². The van der Waals surface area contributed by atoms with Gasteiger partial charge in [-0.3, -0.25) is 9.59 Å². The first kappa shape index (κ1) is 18.5. The molecule has 2 aromatic rings. The quantitative estimate of drug-likeness (QED) is 0.538. The highest BCUT2D eigenvalue weighted by Crippen LogP contribution is 2.12. The van der Waals surface area contributed by atoms with Crippen LogP contribution in [0.2, 0.25) is 5.02 Å². The van der Waals surface area contributed by atoms with Crippen molar-refractivity contribution in [3.05, 3.63) is 57.2 Å². The summed E-state index contributed by atoms with van der Waals surface area (Å²) in [5, 5.41) is 5.37. The van der Waals surface area contributed by atoms with Crippen molar-refractivity contribution in [2.75, 3.05) is 13.2 Å². The topological polar surface area (TPSA) is 55.4 Å². The first-order valence-electron chi connectivity index (χ1n) is 7.87. The number of hydrogen-bond donors (Lipinski definition) is 1. The van der Waals surface area contributed by atoms with Gasteiger partial charge in [-0.05, 0) is 48.4 Å². The van der Waals surface area contributed by atoms with E-state index in [4.69, 9.17) is 16.3 Å². The molecule has 0 aliphatic heterocycles. The second-order valence-corrected chi connectivity index (χ2v) is 6.67. The molecule has 1 N–H and O–H groups in total. The van der Waals surface area contributed by atoms with Crippen LogP contribution in [0.3, 0.4) is 0 Å². The van der Waals surface area contributed by atoms with Crippen molar-refractivity contribution in [3.63, 3.8) is 0 Å². The second-order valence-electron chi connectivity index (χ2n) is 5.29. The minimum atomic E-state index is -0.200. The Balaban J connectivity index is 1.50. The molecule has 2 rings (SSSR count). The predicted octanol–water partition coefficient (Wildman–Crippen LogP) is 4.09. The number of carbonyl (C=O) groups excluding carboxylic acids is 2. The van der Waals surface area contributed by atoms with Crippen molar-refractivity contribution in [2.45, 2.75) is 25.7 Å². The first-order valence-corrected chi connectivity index (χ1v) is 9.12. The Morgan fingerprint density at radius 1 is 1.12 bits per heavy atom. The van der Waals surface area contributed by atoms with E-state index in [1.807, 2.05) is 35.7 Å². The van der Waals surface area contributed by atoms with Gasteiger partial charge in [-0.1, -0.05) is 29.8 Å². The number of amides is 1. The number of halogens is 1. The maximum Gasteiger partial charge on any atom is 0.305 e. The number of thiophene rings is 1. The minimum Gasteiger partial charge on any atom is -0.466 e. The number of hydrogen-bond acceptors (Lipinski definition) is 4. The molecule has 0 bridgehead atoms. The maximum absolute atomic E-state index is 11.7. The van der Waals surface area contributed by atoms with Gasteiger partial charge in [0.25, 0.3) is 5.91 Å². The molecule has 0 radical (unpaired) electrons. The van der Waals surface area contributed by atoms with E-state index in [0.29, 0.717) is 35.9 Å². The third kappa shape index (κ3) is 6.72. The summed E-state index contributed by atoms with van der Waals surface area (Å²) in [4.78, 5) is 24.0. The molecule has 0 unspecified atom stereocenters. The highest BCUT2D eigenvalue weighted by atomic mass is 35.5. The molecule has 24 heavy (non-hydrogen) atoms. The summed E-state index contributed by atoms with van der Waals surface area (Å²) >= 11 is 7.23. The SMILES string of the molecule is O=C(CCCc1ccc(Cl)cc1)OCCCNC(=O)c1cccs1. The summed E-state index contributed by atoms with van der Waals surface area (Å²) in [7, 11) is 0. The number of rotatable bonds is 9. The molecule has 1 amide bonds. The molecule has 1 aromatic carbocycles. The molecule has 0 aliphatic carbocycles. The lowest BCUT2D eigenvalue weighted by Gasteiger charge is -2.06. The van der Waals surface area contributed by atoms with Gasteiger partial charge in [-0.25, -0.2) is 0 Å². The Morgan fingerprint density at radius 2 is 1.92 bits per heavy atom. The third-order valence-electron chi connectivity index (χ3n) is 3.37. The van der Waals surface area contributed by atoms with Gasteiger partial charge in [0.2, 0.25) is 0 Å². The summed E-state index contributed by atoms with van der Waals surface area (Å²) in [5.74, 6) is -0.284. The summed E-state index contributed by atoms with van der Waals surface area (Å²) in [6, 6.07) is 11.2. The lowest BCUT2D eigenvalue weighted by molar-refractivity contribution is -0.143. The van der Waals surface area contributed by atoms with E-state index in [0.717, 1.165) is 18.4 Å². The summed E-state index contributed by atoms with van der Waals surface area (Å²) in [6.07, 6.45) is 2.57. The highest BCUT2D eigenvalue weighted by molar-refractivity contribution is 7.12. The van der Waals surface area contributed by atoms with Gasteiger partial charge >= 0.3 is 5.97 Å². The molecule has 128 valence electrons. The molecular formula is C18H20ClNO3S. The number of ether oxygens (including phenoxy) is 1. The van der Waals surface area contributed by atoms with Gasteiger partial charge in [-0.15, -0.1) is 11.3 Å². The smallest absolute Gasteiger partial charge is 0.305 e. The zero-order valence-electron chi connectivity index (χ0n) is 13.3. The van der Waals surface area contributed by atoms with Crippen molar-refractivity contribution in [3.8, 4) is 0 Å². The van der Waals surface area contributed by atoms with E-state index in [1.54, 1.807) is 6.07 Å². The highest BCUT2D eigenvalue weighted by Gasteiger charge is 2.06. The molecule has 0 atom stereocenters. The predicted molar refractivity (Wildman–Crippen MR) is 96.6 cm³/mol. The zero-order chi connectivity index (χ0) is 17.2. The van der Waals surface area contributed by atoms with Crippen LogP contribution in [0.5, 0.6) is 0 Å². The molecule has 1 aromatic heterocycles. The lowest BCUT2D eigenvalue weighted by Crippen LogP contribution is -2.24. The maximum atomic E-state index is 11.7. The molecule has 0 aliphatic rings. The third-order valence-corrected chi connectivity index (χ3v) is 4.49. The van der Waals surface area contributed by atoms with Crippen molar-refractivity contribution in [2.24, 2.45) is 0 Å². The molecule has 0 fully saturated rings. The van der Waals surface area contributed by atoms with Gasteiger partial charge < -0.3 is 10.1 Å². The van der Waals surface area contributed by atoms with Gasteiger partial charge in [0, 0.05) is 18.0 Å². The van der Waals surface area contributed by atoms with Crippen LogP contribution in [0.4, 0.5) is 0 Å². The number of esters is 1. The Labute approximate surface area is 150 Å². The van der Waals surface area contributed by atoms with Crippen molar-refractivity contribution < 1.29 is 14.3 Å².